The molecule has 1 aliphatic rings. The van der Waals surface area contributed by atoms with E-state index in [9.17, 15) is 5.11 Å². The molecule has 1 aliphatic heterocycles. The number of aliphatic hydroxyl groups excluding tert-OH is 1. The van der Waals surface area contributed by atoms with Crippen molar-refractivity contribution in [3.63, 3.8) is 0 Å². The molecule has 0 bridgehead atoms. The molecular formula is C14H22N2O. The summed E-state index contributed by atoms with van der Waals surface area (Å²) in [7, 11) is 0. The summed E-state index contributed by atoms with van der Waals surface area (Å²) in [5, 5.41) is 10.2. The second-order valence-corrected chi connectivity index (χ2v) is 5.15. The SMILES string of the molecule is CC(C)N1CCCC(O)C1c1ccc(N)cc1. The summed E-state index contributed by atoms with van der Waals surface area (Å²) in [6.07, 6.45) is 1.69. The van der Waals surface area contributed by atoms with Crippen molar-refractivity contribution in [3.8, 4) is 0 Å². The Morgan fingerprint density at radius 2 is 1.94 bits per heavy atom. The monoisotopic (exact) mass is 234 g/mol. The molecule has 1 aromatic carbocycles. The van der Waals surface area contributed by atoms with E-state index in [2.05, 4.69) is 18.7 Å². The number of anilines is 1. The summed E-state index contributed by atoms with van der Waals surface area (Å²) in [6.45, 7) is 5.43. The fourth-order valence-corrected chi connectivity index (χ4v) is 2.69. The Hall–Kier alpha value is -1.06. The van der Waals surface area contributed by atoms with Crippen molar-refractivity contribution in [3.05, 3.63) is 29.8 Å². The van der Waals surface area contributed by atoms with Gasteiger partial charge in [0.25, 0.3) is 0 Å². The second kappa shape index (κ2) is 5.07. The number of hydrogen-bond acceptors (Lipinski definition) is 3. The van der Waals surface area contributed by atoms with Gasteiger partial charge in [-0.3, -0.25) is 4.90 Å². The average Bonchev–Trinajstić information content (AvgIpc) is 2.30. The molecule has 2 unspecified atom stereocenters. The number of rotatable bonds is 2. The Morgan fingerprint density at radius 1 is 1.29 bits per heavy atom. The Bertz CT molecular complexity index is 361. The second-order valence-electron chi connectivity index (χ2n) is 5.15. The zero-order valence-corrected chi connectivity index (χ0v) is 10.6. The van der Waals surface area contributed by atoms with Crippen molar-refractivity contribution in [1.29, 1.82) is 0 Å². The molecule has 2 rings (SSSR count). The topological polar surface area (TPSA) is 49.5 Å². The van der Waals surface area contributed by atoms with E-state index >= 15 is 0 Å². The highest BCUT2D eigenvalue weighted by atomic mass is 16.3. The Morgan fingerprint density at radius 3 is 2.53 bits per heavy atom. The molecule has 3 N–H and O–H groups in total. The van der Waals surface area contributed by atoms with Crippen LogP contribution in [0.2, 0.25) is 0 Å². The Labute approximate surface area is 103 Å². The first kappa shape index (κ1) is 12.4. The van der Waals surface area contributed by atoms with Gasteiger partial charge in [0.2, 0.25) is 0 Å². The molecule has 0 amide bonds. The van der Waals surface area contributed by atoms with Crippen LogP contribution in [0.3, 0.4) is 0 Å². The van der Waals surface area contributed by atoms with Crippen LogP contribution in [0.25, 0.3) is 0 Å². The van der Waals surface area contributed by atoms with Crippen LogP contribution in [-0.2, 0) is 0 Å². The van der Waals surface area contributed by atoms with Crippen LogP contribution in [0.1, 0.15) is 38.3 Å². The smallest absolute Gasteiger partial charge is 0.0737 e. The standard InChI is InChI=1S/C14H22N2O/c1-10(2)16-9-3-4-13(17)14(16)11-5-7-12(15)8-6-11/h5-8,10,13-14,17H,3-4,9,15H2,1-2H3. The van der Waals surface area contributed by atoms with E-state index in [1.54, 1.807) is 0 Å². The normalized spacial score (nSPS) is 26.4. The molecule has 1 aromatic rings. The van der Waals surface area contributed by atoms with Crippen molar-refractivity contribution in [2.24, 2.45) is 0 Å². The van der Waals surface area contributed by atoms with Crippen LogP contribution < -0.4 is 5.73 Å². The first-order valence-electron chi connectivity index (χ1n) is 6.39. The van der Waals surface area contributed by atoms with E-state index in [-0.39, 0.29) is 12.1 Å². The van der Waals surface area contributed by atoms with E-state index < -0.39 is 0 Å². The molecule has 3 nitrogen and oxygen atoms in total. The maximum absolute atomic E-state index is 10.2. The number of likely N-dealkylation sites (tertiary alicyclic amines) is 1. The summed E-state index contributed by atoms with van der Waals surface area (Å²) >= 11 is 0. The van der Waals surface area contributed by atoms with E-state index in [0.29, 0.717) is 6.04 Å². The molecule has 17 heavy (non-hydrogen) atoms. The largest absolute Gasteiger partial charge is 0.399 e. The zero-order valence-electron chi connectivity index (χ0n) is 10.6. The van der Waals surface area contributed by atoms with Crippen LogP contribution in [0.4, 0.5) is 5.69 Å². The Kier molecular flexibility index (Phi) is 3.69. The highest BCUT2D eigenvalue weighted by molar-refractivity contribution is 5.40. The lowest BCUT2D eigenvalue weighted by atomic mass is 9.91. The molecule has 1 fully saturated rings. The van der Waals surface area contributed by atoms with Gasteiger partial charge in [0.05, 0.1) is 12.1 Å². The Balaban J connectivity index is 2.27. The van der Waals surface area contributed by atoms with Crippen LogP contribution >= 0.6 is 0 Å². The molecule has 0 aliphatic carbocycles. The summed E-state index contributed by atoms with van der Waals surface area (Å²) < 4.78 is 0. The van der Waals surface area contributed by atoms with Gasteiger partial charge in [-0.05, 0) is 50.9 Å². The minimum Gasteiger partial charge on any atom is -0.399 e. The minimum absolute atomic E-state index is 0.115. The first-order chi connectivity index (χ1) is 8.09. The van der Waals surface area contributed by atoms with Gasteiger partial charge in [-0.1, -0.05) is 12.1 Å². The van der Waals surface area contributed by atoms with Crippen LogP contribution in [0.15, 0.2) is 24.3 Å². The average molecular weight is 234 g/mol. The van der Waals surface area contributed by atoms with Crippen LogP contribution in [0, 0.1) is 0 Å². The molecule has 1 heterocycles. The van der Waals surface area contributed by atoms with Crippen molar-refractivity contribution in [1.82, 2.24) is 4.90 Å². The van der Waals surface area contributed by atoms with Crippen molar-refractivity contribution in [2.75, 3.05) is 12.3 Å². The molecule has 0 spiro atoms. The minimum atomic E-state index is -0.269. The fraction of sp³-hybridized carbons (Fsp3) is 0.571. The molecule has 3 heteroatoms. The number of nitrogens with zero attached hydrogens (tertiary/aromatic N) is 1. The third-order valence-electron chi connectivity index (χ3n) is 3.58. The number of hydrogen-bond donors (Lipinski definition) is 2. The fourth-order valence-electron chi connectivity index (χ4n) is 2.69. The van der Waals surface area contributed by atoms with Gasteiger partial charge >= 0.3 is 0 Å². The number of piperidine rings is 1. The van der Waals surface area contributed by atoms with Crippen molar-refractivity contribution < 1.29 is 5.11 Å². The summed E-state index contributed by atoms with van der Waals surface area (Å²) in [4.78, 5) is 2.37. The third-order valence-corrected chi connectivity index (χ3v) is 3.58. The lowest BCUT2D eigenvalue weighted by Crippen LogP contribution is -2.45. The van der Waals surface area contributed by atoms with E-state index in [0.717, 1.165) is 25.1 Å². The summed E-state index contributed by atoms with van der Waals surface area (Å²) in [5.74, 6) is 0. The highest BCUT2D eigenvalue weighted by Gasteiger charge is 2.32. The van der Waals surface area contributed by atoms with Gasteiger partial charge in [-0.25, -0.2) is 0 Å². The van der Waals surface area contributed by atoms with E-state index in [1.165, 1.54) is 5.56 Å². The molecule has 1 saturated heterocycles. The highest BCUT2D eigenvalue weighted by Crippen LogP contribution is 2.33. The molecule has 2 atom stereocenters. The van der Waals surface area contributed by atoms with Crippen LogP contribution in [-0.4, -0.2) is 28.7 Å². The van der Waals surface area contributed by atoms with Gasteiger partial charge in [-0.2, -0.15) is 0 Å². The lowest BCUT2D eigenvalue weighted by molar-refractivity contribution is -0.00642. The van der Waals surface area contributed by atoms with Crippen molar-refractivity contribution >= 4 is 5.69 Å². The van der Waals surface area contributed by atoms with E-state index in [1.807, 2.05) is 24.3 Å². The predicted molar refractivity (Wildman–Crippen MR) is 70.7 cm³/mol. The molecule has 0 aromatic heterocycles. The first-order valence-corrected chi connectivity index (χ1v) is 6.39. The third kappa shape index (κ3) is 2.61. The molecular weight excluding hydrogens is 212 g/mol. The molecule has 94 valence electrons. The zero-order chi connectivity index (χ0) is 12.4. The van der Waals surface area contributed by atoms with Crippen LogP contribution in [0.5, 0.6) is 0 Å². The number of nitrogen functional groups attached to an aromatic ring is 1. The number of nitrogens with two attached hydrogens (primary N) is 1. The van der Waals surface area contributed by atoms with Crippen molar-refractivity contribution in [2.45, 2.75) is 44.9 Å². The maximum Gasteiger partial charge on any atom is 0.0737 e. The predicted octanol–water partition coefficient (Wildman–Crippen LogP) is 2.17. The quantitative estimate of drug-likeness (QED) is 0.771. The van der Waals surface area contributed by atoms with E-state index in [4.69, 9.17) is 5.73 Å². The molecule has 0 saturated carbocycles. The van der Waals surface area contributed by atoms with Gasteiger partial charge in [0.15, 0.2) is 0 Å². The van der Waals surface area contributed by atoms with Gasteiger partial charge in [0, 0.05) is 11.7 Å². The number of benzene rings is 1. The van der Waals surface area contributed by atoms with Gasteiger partial charge < -0.3 is 10.8 Å². The van der Waals surface area contributed by atoms with Gasteiger partial charge in [-0.15, -0.1) is 0 Å². The summed E-state index contributed by atoms with van der Waals surface area (Å²) in [6, 6.07) is 8.45. The molecule has 0 radical (unpaired) electrons. The maximum atomic E-state index is 10.2. The van der Waals surface area contributed by atoms with Gasteiger partial charge in [0.1, 0.15) is 0 Å². The lowest BCUT2D eigenvalue weighted by Gasteiger charge is -2.42. The number of aliphatic hydroxyl groups is 1. The summed E-state index contributed by atoms with van der Waals surface area (Å²) in [5.41, 5.74) is 7.65.